The second-order valence-electron chi connectivity index (χ2n) is 5.13. The molecule has 0 unspecified atom stereocenters. The monoisotopic (exact) mass is 330 g/mol. The lowest BCUT2D eigenvalue weighted by atomic mass is 10.2. The van der Waals surface area contributed by atoms with Crippen molar-refractivity contribution in [2.24, 2.45) is 0 Å². The van der Waals surface area contributed by atoms with E-state index in [1.54, 1.807) is 31.4 Å². The Morgan fingerprint density at radius 3 is 2.08 bits per heavy atom. The summed E-state index contributed by atoms with van der Waals surface area (Å²) >= 11 is 0. The van der Waals surface area contributed by atoms with Crippen LogP contribution in [0.5, 0.6) is 5.75 Å². The van der Waals surface area contributed by atoms with Crippen molar-refractivity contribution in [2.75, 3.05) is 7.11 Å². The Morgan fingerprint density at radius 1 is 0.917 bits per heavy atom. The van der Waals surface area contributed by atoms with Crippen LogP contribution >= 0.6 is 0 Å². The molecule has 2 aromatic rings. The van der Waals surface area contributed by atoms with Gasteiger partial charge in [0.1, 0.15) is 18.0 Å². The van der Waals surface area contributed by atoms with E-state index in [2.05, 4.69) is 10.6 Å². The molecule has 0 atom stereocenters. The number of ether oxygens (including phenoxy) is 1. The van der Waals surface area contributed by atoms with Gasteiger partial charge in [-0.1, -0.05) is 36.4 Å². The molecule has 2 aromatic carbocycles. The van der Waals surface area contributed by atoms with E-state index in [9.17, 15) is 14.0 Å². The molecule has 126 valence electrons. The standard InChI is InChI=1S/C18H19FN2O3/c1-24-16-9-5-3-7-14(16)12-21-18(23)10-17(22)20-11-13-6-2-4-8-15(13)19/h2-9H,10-12H2,1H3,(H,20,22)(H,21,23). The maximum Gasteiger partial charge on any atom is 0.229 e. The Bertz CT molecular complexity index is 719. The molecule has 0 saturated carbocycles. The van der Waals surface area contributed by atoms with Crippen LogP contribution in [0.4, 0.5) is 4.39 Å². The van der Waals surface area contributed by atoms with Gasteiger partial charge < -0.3 is 15.4 Å². The molecule has 0 aliphatic rings. The van der Waals surface area contributed by atoms with E-state index in [4.69, 9.17) is 4.74 Å². The first kappa shape index (κ1) is 17.5. The Kier molecular flexibility index (Phi) is 6.31. The number of benzene rings is 2. The van der Waals surface area contributed by atoms with Crippen LogP contribution < -0.4 is 15.4 Å². The molecule has 0 bridgehead atoms. The molecule has 6 heteroatoms. The van der Waals surface area contributed by atoms with Gasteiger partial charge >= 0.3 is 0 Å². The number of amides is 2. The molecule has 0 radical (unpaired) electrons. The third kappa shape index (κ3) is 5.08. The largest absolute Gasteiger partial charge is 0.496 e. The van der Waals surface area contributed by atoms with E-state index in [0.717, 1.165) is 5.56 Å². The zero-order valence-electron chi connectivity index (χ0n) is 13.3. The van der Waals surface area contributed by atoms with Crippen LogP contribution in [0.3, 0.4) is 0 Å². The molecule has 0 spiro atoms. The van der Waals surface area contributed by atoms with Crippen LogP contribution in [0.15, 0.2) is 48.5 Å². The SMILES string of the molecule is COc1ccccc1CNC(=O)CC(=O)NCc1ccccc1F. The molecular weight excluding hydrogens is 311 g/mol. The zero-order chi connectivity index (χ0) is 17.4. The molecule has 2 amide bonds. The van der Waals surface area contributed by atoms with Gasteiger partial charge in [-0.15, -0.1) is 0 Å². The average molecular weight is 330 g/mol. The molecule has 0 saturated heterocycles. The van der Waals surface area contributed by atoms with Crippen molar-refractivity contribution >= 4 is 11.8 Å². The van der Waals surface area contributed by atoms with Crippen LogP contribution in [0.1, 0.15) is 17.5 Å². The van der Waals surface area contributed by atoms with E-state index in [1.807, 2.05) is 18.2 Å². The third-order valence-corrected chi connectivity index (χ3v) is 3.42. The number of hydrogen-bond donors (Lipinski definition) is 2. The summed E-state index contributed by atoms with van der Waals surface area (Å²) in [7, 11) is 1.55. The van der Waals surface area contributed by atoms with E-state index in [-0.39, 0.29) is 19.5 Å². The summed E-state index contributed by atoms with van der Waals surface area (Å²) in [6, 6.07) is 13.5. The lowest BCUT2D eigenvalue weighted by Gasteiger charge is -2.10. The van der Waals surface area contributed by atoms with Crippen LogP contribution in [-0.2, 0) is 22.7 Å². The molecule has 0 fully saturated rings. The van der Waals surface area contributed by atoms with Crippen molar-refractivity contribution in [3.63, 3.8) is 0 Å². The lowest BCUT2D eigenvalue weighted by molar-refractivity contribution is -0.129. The van der Waals surface area contributed by atoms with Gasteiger partial charge in [-0.05, 0) is 12.1 Å². The number of halogens is 1. The zero-order valence-corrected chi connectivity index (χ0v) is 13.3. The maximum absolute atomic E-state index is 13.4. The van der Waals surface area contributed by atoms with Gasteiger partial charge in [0.05, 0.1) is 7.11 Å². The summed E-state index contributed by atoms with van der Waals surface area (Å²) < 4.78 is 18.6. The highest BCUT2D eigenvalue weighted by molar-refractivity contribution is 5.96. The summed E-state index contributed by atoms with van der Waals surface area (Å²) in [4.78, 5) is 23.6. The van der Waals surface area contributed by atoms with E-state index >= 15 is 0 Å². The van der Waals surface area contributed by atoms with Crippen molar-refractivity contribution in [1.29, 1.82) is 0 Å². The third-order valence-electron chi connectivity index (χ3n) is 3.42. The Morgan fingerprint density at radius 2 is 1.46 bits per heavy atom. The van der Waals surface area contributed by atoms with Crippen LogP contribution in [0, 0.1) is 5.82 Å². The fourth-order valence-corrected chi connectivity index (χ4v) is 2.15. The second-order valence-corrected chi connectivity index (χ2v) is 5.13. The van der Waals surface area contributed by atoms with Gasteiger partial charge in [0.25, 0.3) is 0 Å². The van der Waals surface area contributed by atoms with Gasteiger partial charge in [0, 0.05) is 24.2 Å². The van der Waals surface area contributed by atoms with Gasteiger partial charge in [-0.3, -0.25) is 9.59 Å². The summed E-state index contributed by atoms with van der Waals surface area (Å²) in [5, 5.41) is 5.19. The summed E-state index contributed by atoms with van der Waals surface area (Å²) in [5.74, 6) is -0.594. The highest BCUT2D eigenvalue weighted by Crippen LogP contribution is 2.16. The van der Waals surface area contributed by atoms with Crippen molar-refractivity contribution in [2.45, 2.75) is 19.5 Å². The van der Waals surface area contributed by atoms with Crippen LogP contribution in [-0.4, -0.2) is 18.9 Å². The molecular formula is C18H19FN2O3. The fraction of sp³-hybridized carbons (Fsp3) is 0.222. The van der Waals surface area contributed by atoms with E-state index < -0.39 is 17.6 Å². The molecule has 5 nitrogen and oxygen atoms in total. The Hall–Kier alpha value is -2.89. The molecule has 0 aliphatic carbocycles. The van der Waals surface area contributed by atoms with E-state index in [0.29, 0.717) is 11.3 Å². The molecule has 0 aromatic heterocycles. The van der Waals surface area contributed by atoms with Crippen LogP contribution in [0.2, 0.25) is 0 Å². The number of methoxy groups -OCH3 is 1. The molecule has 0 heterocycles. The minimum absolute atomic E-state index is 0.0469. The highest BCUT2D eigenvalue weighted by atomic mass is 19.1. The quantitative estimate of drug-likeness (QED) is 0.765. The first-order valence-corrected chi connectivity index (χ1v) is 7.49. The smallest absolute Gasteiger partial charge is 0.229 e. The molecule has 2 N–H and O–H groups in total. The number of rotatable bonds is 7. The van der Waals surface area contributed by atoms with Crippen molar-refractivity contribution < 1.29 is 18.7 Å². The van der Waals surface area contributed by atoms with Crippen molar-refractivity contribution in [3.8, 4) is 5.75 Å². The van der Waals surface area contributed by atoms with Gasteiger partial charge in [0.2, 0.25) is 11.8 Å². The van der Waals surface area contributed by atoms with Crippen LogP contribution in [0.25, 0.3) is 0 Å². The molecule has 24 heavy (non-hydrogen) atoms. The highest BCUT2D eigenvalue weighted by Gasteiger charge is 2.11. The predicted octanol–water partition coefficient (Wildman–Crippen LogP) is 2.16. The summed E-state index contributed by atoms with van der Waals surface area (Å²) in [6.45, 7) is 0.314. The number of carbonyl (C=O) groups is 2. The first-order chi connectivity index (χ1) is 11.6. The average Bonchev–Trinajstić information content (AvgIpc) is 2.59. The Balaban J connectivity index is 1.77. The van der Waals surface area contributed by atoms with Crippen molar-refractivity contribution in [1.82, 2.24) is 10.6 Å². The first-order valence-electron chi connectivity index (χ1n) is 7.49. The number of hydrogen-bond acceptors (Lipinski definition) is 3. The minimum atomic E-state index is -0.462. The second kappa shape index (κ2) is 8.67. The predicted molar refractivity (Wildman–Crippen MR) is 87.7 cm³/mol. The van der Waals surface area contributed by atoms with E-state index in [1.165, 1.54) is 6.07 Å². The maximum atomic E-state index is 13.4. The summed E-state index contributed by atoms with van der Waals surface area (Å²) in [6.07, 6.45) is -0.316. The van der Waals surface area contributed by atoms with Gasteiger partial charge in [-0.25, -0.2) is 4.39 Å². The molecule has 0 aliphatic heterocycles. The Labute approximate surface area is 139 Å². The number of nitrogens with one attached hydrogen (secondary N) is 2. The normalized spacial score (nSPS) is 10.1. The number of carbonyl (C=O) groups excluding carboxylic acids is 2. The topological polar surface area (TPSA) is 67.4 Å². The number of para-hydroxylation sites is 1. The molecule has 2 rings (SSSR count). The van der Waals surface area contributed by atoms with Gasteiger partial charge in [0.15, 0.2) is 0 Å². The van der Waals surface area contributed by atoms with Gasteiger partial charge in [-0.2, -0.15) is 0 Å². The van der Waals surface area contributed by atoms with Crippen molar-refractivity contribution in [3.05, 3.63) is 65.5 Å². The minimum Gasteiger partial charge on any atom is -0.496 e. The summed E-state index contributed by atoms with van der Waals surface area (Å²) in [5.41, 5.74) is 1.19. The fourth-order valence-electron chi connectivity index (χ4n) is 2.15. The lowest BCUT2D eigenvalue weighted by Crippen LogP contribution is -2.31.